The lowest BCUT2D eigenvalue weighted by Crippen LogP contribution is -2.54. The van der Waals surface area contributed by atoms with Gasteiger partial charge in [-0.3, -0.25) is 24.0 Å². The molecule has 0 saturated carbocycles. The van der Waals surface area contributed by atoms with Crippen molar-refractivity contribution in [1.29, 1.82) is 0 Å². The third-order valence-corrected chi connectivity index (χ3v) is 4.85. The molecular formula is C22H29N7O6. The van der Waals surface area contributed by atoms with E-state index in [0.717, 1.165) is 5.56 Å². The summed E-state index contributed by atoms with van der Waals surface area (Å²) in [6.07, 6.45) is 3.36. The van der Waals surface area contributed by atoms with Crippen LogP contribution in [-0.2, 0) is 36.8 Å². The van der Waals surface area contributed by atoms with Crippen molar-refractivity contribution in [2.75, 3.05) is 13.1 Å². The van der Waals surface area contributed by atoms with E-state index in [4.69, 9.17) is 10.8 Å². The number of hydrogen-bond donors (Lipinski definition) is 7. The molecule has 0 saturated heterocycles. The largest absolute Gasteiger partial charge is 0.480 e. The van der Waals surface area contributed by atoms with E-state index in [1.807, 2.05) is 6.07 Å². The highest BCUT2D eigenvalue weighted by Gasteiger charge is 2.25. The molecule has 1 aromatic carbocycles. The van der Waals surface area contributed by atoms with Gasteiger partial charge in [-0.2, -0.15) is 0 Å². The Hall–Kier alpha value is -4.26. The number of aromatic nitrogens is 2. The average Bonchev–Trinajstić information content (AvgIpc) is 3.34. The van der Waals surface area contributed by atoms with Gasteiger partial charge < -0.3 is 37.1 Å². The van der Waals surface area contributed by atoms with Gasteiger partial charge in [0.25, 0.3) is 0 Å². The number of benzene rings is 1. The van der Waals surface area contributed by atoms with E-state index in [-0.39, 0.29) is 12.8 Å². The summed E-state index contributed by atoms with van der Waals surface area (Å²) in [7, 11) is 0. The number of carboxylic acid groups (broad SMARTS) is 1. The number of hydrogen-bond acceptors (Lipinski definition) is 7. The maximum absolute atomic E-state index is 12.8. The Morgan fingerprint density at radius 3 is 2.29 bits per heavy atom. The van der Waals surface area contributed by atoms with Gasteiger partial charge in [-0.1, -0.05) is 30.3 Å². The highest BCUT2D eigenvalue weighted by molar-refractivity contribution is 5.93. The van der Waals surface area contributed by atoms with Crippen LogP contribution in [0.2, 0.25) is 0 Å². The first kappa shape index (κ1) is 27.0. The molecule has 13 nitrogen and oxygen atoms in total. The fourth-order valence-electron chi connectivity index (χ4n) is 3.03. The highest BCUT2D eigenvalue weighted by atomic mass is 16.4. The van der Waals surface area contributed by atoms with E-state index in [1.165, 1.54) is 13.3 Å². The predicted octanol–water partition coefficient (Wildman–Crippen LogP) is -2.17. The molecule has 1 heterocycles. The van der Waals surface area contributed by atoms with Crippen LogP contribution < -0.4 is 27.0 Å². The topological polar surface area (TPSA) is 208 Å². The number of nitrogens with two attached hydrogens (primary N) is 1. The zero-order valence-corrected chi connectivity index (χ0v) is 19.1. The minimum absolute atomic E-state index is 0.158. The Bertz CT molecular complexity index is 1010. The average molecular weight is 488 g/mol. The van der Waals surface area contributed by atoms with Crippen LogP contribution in [0.3, 0.4) is 0 Å². The lowest BCUT2D eigenvalue weighted by atomic mass is 10.0. The SMILES string of the molecule is CC(NC(=O)CNC(=O)C(Cc1ccccc1)NC(=O)C(N)Cc1cnc[nH]1)C(=O)NCC(=O)O. The molecule has 1 aromatic heterocycles. The molecule has 0 aliphatic rings. The second kappa shape index (κ2) is 13.4. The Labute approximate surface area is 201 Å². The Kier molecular flexibility index (Phi) is 10.4. The number of aromatic amines is 1. The third kappa shape index (κ3) is 9.63. The molecule has 3 atom stereocenters. The molecule has 2 aromatic rings. The number of nitrogens with zero attached hydrogens (tertiary/aromatic N) is 1. The summed E-state index contributed by atoms with van der Waals surface area (Å²) in [6.45, 7) is 0.326. The summed E-state index contributed by atoms with van der Waals surface area (Å²) in [5, 5.41) is 18.2. The third-order valence-electron chi connectivity index (χ3n) is 4.85. The molecular weight excluding hydrogens is 458 g/mol. The van der Waals surface area contributed by atoms with Gasteiger partial charge >= 0.3 is 5.97 Å². The number of carboxylic acids is 1. The molecule has 8 N–H and O–H groups in total. The zero-order valence-electron chi connectivity index (χ0n) is 19.1. The molecule has 0 bridgehead atoms. The molecule has 0 aliphatic carbocycles. The Morgan fingerprint density at radius 1 is 0.971 bits per heavy atom. The molecule has 0 spiro atoms. The predicted molar refractivity (Wildman–Crippen MR) is 124 cm³/mol. The van der Waals surface area contributed by atoms with Crippen molar-refractivity contribution in [2.45, 2.75) is 37.9 Å². The van der Waals surface area contributed by atoms with Crippen LogP contribution in [0.25, 0.3) is 0 Å². The van der Waals surface area contributed by atoms with Gasteiger partial charge in [0.2, 0.25) is 23.6 Å². The van der Waals surface area contributed by atoms with Crippen LogP contribution in [0.1, 0.15) is 18.2 Å². The molecule has 3 unspecified atom stereocenters. The van der Waals surface area contributed by atoms with Crippen LogP contribution in [0.5, 0.6) is 0 Å². The molecule has 35 heavy (non-hydrogen) atoms. The van der Waals surface area contributed by atoms with Crippen LogP contribution >= 0.6 is 0 Å². The minimum Gasteiger partial charge on any atom is -0.480 e. The maximum Gasteiger partial charge on any atom is 0.322 e. The summed E-state index contributed by atoms with van der Waals surface area (Å²) in [6, 6.07) is 6.02. The van der Waals surface area contributed by atoms with Gasteiger partial charge in [0.15, 0.2) is 0 Å². The van der Waals surface area contributed by atoms with Gasteiger partial charge in [-0.25, -0.2) is 4.98 Å². The zero-order chi connectivity index (χ0) is 25.8. The first-order chi connectivity index (χ1) is 16.7. The molecule has 0 fully saturated rings. The fourth-order valence-corrected chi connectivity index (χ4v) is 3.03. The molecule has 0 aliphatic heterocycles. The molecule has 4 amide bonds. The van der Waals surface area contributed by atoms with Crippen molar-refractivity contribution in [3.05, 3.63) is 54.1 Å². The monoisotopic (exact) mass is 487 g/mol. The number of H-pyrrole nitrogens is 1. The van der Waals surface area contributed by atoms with E-state index in [9.17, 15) is 24.0 Å². The van der Waals surface area contributed by atoms with Gasteiger partial charge in [0.1, 0.15) is 18.6 Å². The number of carbonyl (C=O) groups excluding carboxylic acids is 4. The first-order valence-electron chi connectivity index (χ1n) is 10.8. The van der Waals surface area contributed by atoms with E-state index < -0.39 is 60.8 Å². The van der Waals surface area contributed by atoms with E-state index in [0.29, 0.717) is 5.69 Å². The molecule has 0 radical (unpaired) electrons. The van der Waals surface area contributed by atoms with Crippen molar-refractivity contribution in [1.82, 2.24) is 31.2 Å². The number of aliphatic carboxylic acids is 1. The van der Waals surface area contributed by atoms with Crippen LogP contribution in [0.4, 0.5) is 0 Å². The van der Waals surface area contributed by atoms with Gasteiger partial charge in [0.05, 0.1) is 18.9 Å². The van der Waals surface area contributed by atoms with E-state index >= 15 is 0 Å². The summed E-state index contributed by atoms with van der Waals surface area (Å²) in [5.74, 6) is -3.75. The summed E-state index contributed by atoms with van der Waals surface area (Å²) >= 11 is 0. The van der Waals surface area contributed by atoms with Crippen molar-refractivity contribution in [3.63, 3.8) is 0 Å². The van der Waals surface area contributed by atoms with Crippen LogP contribution in [-0.4, -0.2) is 75.9 Å². The van der Waals surface area contributed by atoms with Crippen LogP contribution in [0, 0.1) is 0 Å². The summed E-state index contributed by atoms with van der Waals surface area (Å²) in [5.41, 5.74) is 7.41. The fraction of sp³-hybridized carbons (Fsp3) is 0.364. The van der Waals surface area contributed by atoms with Crippen LogP contribution in [0.15, 0.2) is 42.9 Å². The quantitative estimate of drug-likeness (QED) is 0.165. The van der Waals surface area contributed by atoms with E-state index in [1.54, 1.807) is 30.5 Å². The second-order valence-corrected chi connectivity index (χ2v) is 7.76. The van der Waals surface area contributed by atoms with Gasteiger partial charge in [0, 0.05) is 24.7 Å². The van der Waals surface area contributed by atoms with E-state index in [2.05, 4.69) is 31.2 Å². The normalized spacial score (nSPS) is 13.1. The van der Waals surface area contributed by atoms with Crippen molar-refractivity contribution in [2.24, 2.45) is 5.73 Å². The number of imidazole rings is 1. The van der Waals surface area contributed by atoms with Crippen molar-refractivity contribution in [3.8, 4) is 0 Å². The van der Waals surface area contributed by atoms with Gasteiger partial charge in [-0.15, -0.1) is 0 Å². The Balaban J connectivity index is 1.94. The molecule has 2 rings (SSSR count). The maximum atomic E-state index is 12.8. The summed E-state index contributed by atoms with van der Waals surface area (Å²) < 4.78 is 0. The smallest absolute Gasteiger partial charge is 0.322 e. The first-order valence-corrected chi connectivity index (χ1v) is 10.8. The standard InChI is InChI=1S/C22H29N7O6/c1-13(20(33)26-11-19(31)32)28-18(30)10-25-22(35)17(7-14-5-3-2-4-6-14)29-21(34)16(23)8-15-9-24-12-27-15/h2-6,9,12-13,16-17H,7-8,10-11,23H2,1H3,(H,24,27)(H,25,35)(H,26,33)(H,28,30)(H,29,34)(H,31,32). The number of rotatable bonds is 13. The number of carbonyl (C=O) groups is 5. The lowest BCUT2D eigenvalue weighted by molar-refractivity contribution is -0.138. The molecule has 13 heteroatoms. The highest BCUT2D eigenvalue weighted by Crippen LogP contribution is 2.05. The number of nitrogens with one attached hydrogen (secondary N) is 5. The second-order valence-electron chi connectivity index (χ2n) is 7.76. The Morgan fingerprint density at radius 2 is 1.66 bits per heavy atom. The molecule has 188 valence electrons. The summed E-state index contributed by atoms with van der Waals surface area (Å²) in [4.78, 5) is 66.6. The van der Waals surface area contributed by atoms with Gasteiger partial charge in [-0.05, 0) is 12.5 Å². The van der Waals surface area contributed by atoms with Crippen molar-refractivity contribution >= 4 is 29.6 Å². The van der Waals surface area contributed by atoms with Crippen molar-refractivity contribution < 1.29 is 29.1 Å². The number of amides is 4. The lowest BCUT2D eigenvalue weighted by Gasteiger charge is -2.21. The minimum atomic E-state index is -1.22.